The maximum absolute atomic E-state index is 12.2. The summed E-state index contributed by atoms with van der Waals surface area (Å²) in [6.45, 7) is 2.18. The first-order valence-electron chi connectivity index (χ1n) is 6.69. The van der Waals surface area contributed by atoms with Crippen LogP contribution >= 0.6 is 0 Å². The summed E-state index contributed by atoms with van der Waals surface area (Å²) in [5, 5.41) is 20.6. The van der Waals surface area contributed by atoms with Crippen LogP contribution in [0.3, 0.4) is 0 Å². The van der Waals surface area contributed by atoms with E-state index in [0.29, 0.717) is 12.0 Å². The fourth-order valence-electron chi connectivity index (χ4n) is 2.45. The normalized spacial score (nSPS) is 18.2. The highest BCUT2D eigenvalue weighted by molar-refractivity contribution is 7.88. The Balaban J connectivity index is 2.01. The number of rotatable bonds is 6. The molecule has 1 saturated heterocycles. The van der Waals surface area contributed by atoms with Gasteiger partial charge in [0.25, 0.3) is 5.69 Å². The third-order valence-electron chi connectivity index (χ3n) is 3.55. The van der Waals surface area contributed by atoms with Gasteiger partial charge in [-0.2, -0.15) is 4.31 Å². The predicted molar refractivity (Wildman–Crippen MR) is 77.2 cm³/mol. The van der Waals surface area contributed by atoms with Gasteiger partial charge in [-0.1, -0.05) is 25.5 Å². The number of sulfonamides is 1. The molecule has 8 heteroatoms. The van der Waals surface area contributed by atoms with E-state index in [-0.39, 0.29) is 24.5 Å². The van der Waals surface area contributed by atoms with Gasteiger partial charge in [0, 0.05) is 25.2 Å². The van der Waals surface area contributed by atoms with Gasteiger partial charge in [0.1, 0.15) is 0 Å². The molecule has 0 amide bonds. The van der Waals surface area contributed by atoms with Crippen LogP contribution in [0, 0.1) is 10.1 Å². The molecule has 1 aromatic rings. The van der Waals surface area contributed by atoms with E-state index in [4.69, 9.17) is 0 Å². The highest BCUT2D eigenvalue weighted by atomic mass is 32.2. The Labute approximate surface area is 123 Å². The standard InChI is InChI=1S/C13H18N2O5S/c1-2-7-13(16)9-14(10-13)21(19,20)8-11-3-5-12(6-4-11)15(17)18/h3-6,16H,2,7-10H2,1H3. The fraction of sp³-hybridized carbons (Fsp3) is 0.538. The Morgan fingerprint density at radius 1 is 1.33 bits per heavy atom. The van der Waals surface area contributed by atoms with E-state index in [2.05, 4.69) is 0 Å². The molecular weight excluding hydrogens is 296 g/mol. The SMILES string of the molecule is CCCC1(O)CN(S(=O)(=O)Cc2ccc([N+](=O)[O-])cc2)C1. The maximum atomic E-state index is 12.2. The Kier molecular flexibility index (Phi) is 4.31. The molecule has 0 unspecified atom stereocenters. The zero-order valence-corrected chi connectivity index (χ0v) is 12.5. The minimum Gasteiger partial charge on any atom is -0.387 e. The minimum absolute atomic E-state index is 0.0718. The first-order valence-corrected chi connectivity index (χ1v) is 8.30. The van der Waals surface area contributed by atoms with Gasteiger partial charge in [-0.3, -0.25) is 10.1 Å². The van der Waals surface area contributed by atoms with Crippen molar-refractivity contribution in [3.8, 4) is 0 Å². The summed E-state index contributed by atoms with van der Waals surface area (Å²) in [5.74, 6) is -0.215. The van der Waals surface area contributed by atoms with Gasteiger partial charge in [-0.05, 0) is 12.0 Å². The number of nitro groups is 1. The Hall–Kier alpha value is -1.51. The number of benzene rings is 1. The topological polar surface area (TPSA) is 101 Å². The van der Waals surface area contributed by atoms with Crippen molar-refractivity contribution in [2.75, 3.05) is 13.1 Å². The van der Waals surface area contributed by atoms with Crippen molar-refractivity contribution < 1.29 is 18.4 Å². The van der Waals surface area contributed by atoms with E-state index in [1.54, 1.807) is 0 Å². The van der Waals surface area contributed by atoms with Crippen molar-refractivity contribution in [3.63, 3.8) is 0 Å². The van der Waals surface area contributed by atoms with Gasteiger partial charge in [0.15, 0.2) is 0 Å². The average Bonchev–Trinajstić information content (AvgIpc) is 2.36. The molecule has 1 aliphatic rings. The van der Waals surface area contributed by atoms with Gasteiger partial charge in [-0.15, -0.1) is 0 Å². The quantitative estimate of drug-likeness (QED) is 0.629. The number of non-ortho nitro benzene ring substituents is 1. The van der Waals surface area contributed by atoms with Gasteiger partial charge >= 0.3 is 0 Å². The van der Waals surface area contributed by atoms with Crippen molar-refractivity contribution in [2.24, 2.45) is 0 Å². The molecule has 1 N–H and O–H groups in total. The number of β-amino-alcohol motifs (C(OH)–C–C–N with tert-alkyl or cyclic N) is 1. The van der Waals surface area contributed by atoms with E-state index in [9.17, 15) is 23.6 Å². The highest BCUT2D eigenvalue weighted by Crippen LogP contribution is 2.29. The lowest BCUT2D eigenvalue weighted by molar-refractivity contribution is -0.384. The zero-order valence-electron chi connectivity index (χ0n) is 11.7. The molecule has 7 nitrogen and oxygen atoms in total. The summed E-state index contributed by atoms with van der Waals surface area (Å²) in [5.41, 5.74) is -0.485. The fourth-order valence-corrected chi connectivity index (χ4v) is 4.12. The first-order chi connectivity index (χ1) is 9.76. The number of aliphatic hydroxyl groups is 1. The van der Waals surface area contributed by atoms with Crippen LogP contribution in [0.5, 0.6) is 0 Å². The van der Waals surface area contributed by atoms with Crippen LogP contribution in [-0.2, 0) is 15.8 Å². The lowest BCUT2D eigenvalue weighted by Crippen LogP contribution is -2.63. The maximum Gasteiger partial charge on any atom is 0.269 e. The third-order valence-corrected chi connectivity index (χ3v) is 5.29. The first kappa shape index (κ1) is 15.9. The lowest BCUT2D eigenvalue weighted by atomic mass is 9.92. The molecular formula is C13H18N2O5S. The lowest BCUT2D eigenvalue weighted by Gasteiger charge is -2.45. The van der Waals surface area contributed by atoms with Crippen molar-refractivity contribution in [3.05, 3.63) is 39.9 Å². The van der Waals surface area contributed by atoms with Gasteiger partial charge < -0.3 is 5.11 Å². The van der Waals surface area contributed by atoms with Crippen LogP contribution in [0.25, 0.3) is 0 Å². The molecule has 116 valence electrons. The molecule has 0 aliphatic carbocycles. The van der Waals surface area contributed by atoms with Crippen LogP contribution in [0.15, 0.2) is 24.3 Å². The molecule has 1 aromatic carbocycles. The molecule has 0 spiro atoms. The van der Waals surface area contributed by atoms with Crippen LogP contribution in [0.2, 0.25) is 0 Å². The predicted octanol–water partition coefficient (Wildman–Crippen LogP) is 1.27. The zero-order chi connectivity index (χ0) is 15.7. The molecule has 1 heterocycles. The Morgan fingerprint density at radius 3 is 2.38 bits per heavy atom. The number of nitrogens with zero attached hydrogens (tertiary/aromatic N) is 2. The minimum atomic E-state index is -3.50. The third kappa shape index (κ3) is 3.58. The second kappa shape index (κ2) is 5.70. The molecule has 0 bridgehead atoms. The van der Waals surface area contributed by atoms with E-state index in [0.717, 1.165) is 6.42 Å². The van der Waals surface area contributed by atoms with E-state index >= 15 is 0 Å². The largest absolute Gasteiger partial charge is 0.387 e. The Bertz CT molecular complexity index is 620. The van der Waals surface area contributed by atoms with Crippen LogP contribution in [-0.4, -0.2) is 41.4 Å². The van der Waals surface area contributed by atoms with E-state index < -0.39 is 20.5 Å². The molecule has 1 aliphatic heterocycles. The number of nitro benzene ring substituents is 1. The molecule has 0 aromatic heterocycles. The van der Waals surface area contributed by atoms with Crippen LogP contribution in [0.1, 0.15) is 25.3 Å². The summed E-state index contributed by atoms with van der Waals surface area (Å²) in [4.78, 5) is 10.0. The molecule has 1 fully saturated rings. The molecule has 21 heavy (non-hydrogen) atoms. The molecule has 2 rings (SSSR count). The van der Waals surface area contributed by atoms with Gasteiger partial charge in [0.05, 0.1) is 16.3 Å². The van der Waals surface area contributed by atoms with Crippen LogP contribution < -0.4 is 0 Å². The second-order valence-corrected chi connectivity index (χ2v) is 7.39. The monoisotopic (exact) mass is 314 g/mol. The van der Waals surface area contributed by atoms with Crippen molar-refractivity contribution in [1.82, 2.24) is 4.31 Å². The van der Waals surface area contributed by atoms with Gasteiger partial charge in [0.2, 0.25) is 10.0 Å². The van der Waals surface area contributed by atoms with Gasteiger partial charge in [-0.25, -0.2) is 8.42 Å². The Morgan fingerprint density at radius 2 is 1.90 bits per heavy atom. The summed E-state index contributed by atoms with van der Waals surface area (Å²) in [6, 6.07) is 5.45. The van der Waals surface area contributed by atoms with Crippen molar-refractivity contribution in [2.45, 2.75) is 31.1 Å². The van der Waals surface area contributed by atoms with Crippen molar-refractivity contribution in [1.29, 1.82) is 0 Å². The molecule has 0 atom stereocenters. The molecule has 0 radical (unpaired) electrons. The summed E-state index contributed by atoms with van der Waals surface area (Å²) in [7, 11) is -3.50. The van der Waals surface area contributed by atoms with Crippen molar-refractivity contribution >= 4 is 15.7 Å². The number of hydrogen-bond donors (Lipinski definition) is 1. The highest BCUT2D eigenvalue weighted by Gasteiger charge is 2.45. The van der Waals surface area contributed by atoms with E-state index in [1.165, 1.54) is 28.6 Å². The second-order valence-electron chi connectivity index (χ2n) is 5.42. The molecule has 0 saturated carbocycles. The van der Waals surface area contributed by atoms with Crippen LogP contribution in [0.4, 0.5) is 5.69 Å². The summed E-state index contributed by atoms with van der Waals surface area (Å²) in [6.07, 6.45) is 1.38. The average molecular weight is 314 g/mol. The number of hydrogen-bond acceptors (Lipinski definition) is 5. The summed E-state index contributed by atoms with van der Waals surface area (Å²) < 4.78 is 25.6. The smallest absolute Gasteiger partial charge is 0.269 e. The van der Waals surface area contributed by atoms with E-state index in [1.807, 2.05) is 6.92 Å². The summed E-state index contributed by atoms with van der Waals surface area (Å²) >= 11 is 0.